The molecule has 0 radical (unpaired) electrons. The number of carbonyl (C=O) groups excluding carboxylic acids is 2. The number of ketones is 1. The normalized spacial score (nSPS) is 16.5. The SMILES string of the molecule is CCOc1cccc(/C(O)=C2/C(=O)C(=O)N(c3ccc(Oc4ccccc4)cc3)C2c2cccc(C)c2)c1. The Morgan fingerprint density at radius 1 is 0.816 bits per heavy atom. The van der Waals surface area contributed by atoms with Crippen LogP contribution in [-0.4, -0.2) is 23.4 Å². The molecule has 0 aromatic heterocycles. The molecule has 1 atom stereocenters. The predicted molar refractivity (Wildman–Crippen MR) is 147 cm³/mol. The fourth-order valence-electron chi connectivity index (χ4n) is 4.61. The molecule has 0 spiro atoms. The van der Waals surface area contributed by atoms with E-state index in [1.807, 2.05) is 68.4 Å². The molecule has 4 aromatic rings. The fourth-order valence-corrected chi connectivity index (χ4v) is 4.61. The molecular weight excluding hydrogens is 478 g/mol. The highest BCUT2D eigenvalue weighted by atomic mass is 16.5. The van der Waals surface area contributed by atoms with Crippen molar-refractivity contribution >= 4 is 23.1 Å². The van der Waals surface area contributed by atoms with Crippen molar-refractivity contribution in [3.05, 3.63) is 125 Å². The summed E-state index contributed by atoms with van der Waals surface area (Å²) in [6, 6.07) is 30.0. The largest absolute Gasteiger partial charge is 0.507 e. The Morgan fingerprint density at radius 2 is 1.50 bits per heavy atom. The molecule has 1 heterocycles. The minimum Gasteiger partial charge on any atom is -0.507 e. The lowest BCUT2D eigenvalue weighted by molar-refractivity contribution is -0.132. The summed E-state index contributed by atoms with van der Waals surface area (Å²) in [5.74, 6) is 0.136. The number of nitrogens with zero attached hydrogens (tertiary/aromatic N) is 1. The number of anilines is 1. The third-order valence-corrected chi connectivity index (χ3v) is 6.31. The molecule has 1 amide bonds. The van der Waals surface area contributed by atoms with E-state index in [0.717, 1.165) is 11.1 Å². The highest BCUT2D eigenvalue weighted by Gasteiger charge is 2.47. The molecule has 0 bridgehead atoms. The van der Waals surface area contributed by atoms with Crippen LogP contribution < -0.4 is 14.4 Å². The van der Waals surface area contributed by atoms with Crippen LogP contribution in [0.3, 0.4) is 0 Å². The van der Waals surface area contributed by atoms with Crippen LogP contribution in [0.1, 0.15) is 29.7 Å². The maximum absolute atomic E-state index is 13.4. The molecule has 6 nitrogen and oxygen atoms in total. The molecule has 6 heteroatoms. The van der Waals surface area contributed by atoms with Gasteiger partial charge in [-0.3, -0.25) is 14.5 Å². The first-order valence-electron chi connectivity index (χ1n) is 12.4. The minimum absolute atomic E-state index is 0.0267. The maximum Gasteiger partial charge on any atom is 0.300 e. The smallest absolute Gasteiger partial charge is 0.300 e. The highest BCUT2D eigenvalue weighted by Crippen LogP contribution is 2.43. The number of aryl methyl sites for hydroxylation is 1. The van der Waals surface area contributed by atoms with Gasteiger partial charge in [0.2, 0.25) is 0 Å². The Hall–Kier alpha value is -4.84. The summed E-state index contributed by atoms with van der Waals surface area (Å²) in [6.45, 7) is 4.27. The van der Waals surface area contributed by atoms with E-state index in [-0.39, 0.29) is 11.3 Å². The molecule has 1 aliphatic heterocycles. The number of aliphatic hydroxyl groups is 1. The first-order valence-corrected chi connectivity index (χ1v) is 12.4. The zero-order chi connectivity index (χ0) is 26.6. The number of para-hydroxylation sites is 1. The van der Waals surface area contributed by atoms with Gasteiger partial charge in [0.15, 0.2) is 0 Å². The molecule has 1 N–H and O–H groups in total. The molecule has 38 heavy (non-hydrogen) atoms. The zero-order valence-corrected chi connectivity index (χ0v) is 21.1. The number of rotatable bonds is 7. The maximum atomic E-state index is 13.4. The molecule has 0 saturated carbocycles. The Kier molecular flexibility index (Phi) is 6.96. The zero-order valence-electron chi connectivity index (χ0n) is 21.1. The van der Waals surface area contributed by atoms with Crippen molar-refractivity contribution in [3.8, 4) is 17.2 Å². The summed E-state index contributed by atoms with van der Waals surface area (Å²) >= 11 is 0. The summed E-state index contributed by atoms with van der Waals surface area (Å²) in [7, 11) is 0. The van der Waals surface area contributed by atoms with Crippen molar-refractivity contribution in [2.45, 2.75) is 19.9 Å². The van der Waals surface area contributed by atoms with Crippen LogP contribution in [0.15, 0.2) is 109 Å². The van der Waals surface area contributed by atoms with E-state index in [9.17, 15) is 14.7 Å². The molecule has 190 valence electrons. The van der Waals surface area contributed by atoms with Gasteiger partial charge in [-0.1, -0.05) is 60.2 Å². The Balaban J connectivity index is 1.59. The van der Waals surface area contributed by atoms with Gasteiger partial charge in [-0.15, -0.1) is 0 Å². The standard InChI is InChI=1S/C32H27NO5/c1-3-37-27-14-8-11-23(20-27)30(34)28-29(22-10-7-9-21(2)19-22)33(32(36)31(28)35)24-15-17-26(18-16-24)38-25-12-5-4-6-13-25/h4-20,29,34H,3H2,1-2H3/b30-28-. The number of benzene rings is 4. The highest BCUT2D eigenvalue weighted by molar-refractivity contribution is 6.51. The van der Waals surface area contributed by atoms with E-state index < -0.39 is 17.7 Å². The number of Topliss-reactive ketones (excluding diaryl/α,β-unsaturated/α-hetero) is 1. The Morgan fingerprint density at radius 3 is 2.21 bits per heavy atom. The molecule has 1 saturated heterocycles. The second-order valence-electron chi connectivity index (χ2n) is 8.95. The first-order chi connectivity index (χ1) is 18.5. The molecular formula is C32H27NO5. The quantitative estimate of drug-likeness (QED) is 0.170. The average Bonchev–Trinajstić information content (AvgIpc) is 3.20. The first kappa shape index (κ1) is 24.8. The lowest BCUT2D eigenvalue weighted by atomic mass is 9.94. The van der Waals surface area contributed by atoms with E-state index in [2.05, 4.69) is 0 Å². The van der Waals surface area contributed by atoms with Crippen LogP contribution in [-0.2, 0) is 9.59 Å². The third-order valence-electron chi connectivity index (χ3n) is 6.31. The van der Waals surface area contributed by atoms with Gasteiger partial charge in [0.25, 0.3) is 11.7 Å². The van der Waals surface area contributed by atoms with E-state index in [1.54, 1.807) is 48.5 Å². The van der Waals surface area contributed by atoms with E-state index in [1.165, 1.54) is 4.90 Å². The van der Waals surface area contributed by atoms with Gasteiger partial charge in [0, 0.05) is 11.3 Å². The summed E-state index contributed by atoms with van der Waals surface area (Å²) < 4.78 is 11.5. The molecule has 1 fully saturated rings. The summed E-state index contributed by atoms with van der Waals surface area (Å²) in [5.41, 5.74) is 2.63. The Bertz CT molecular complexity index is 1510. The van der Waals surface area contributed by atoms with Crippen LogP contribution in [0, 0.1) is 6.92 Å². The van der Waals surface area contributed by atoms with E-state index in [4.69, 9.17) is 9.47 Å². The monoisotopic (exact) mass is 505 g/mol. The van der Waals surface area contributed by atoms with Crippen molar-refractivity contribution < 1.29 is 24.2 Å². The summed E-state index contributed by atoms with van der Waals surface area (Å²) in [5, 5.41) is 11.4. The van der Waals surface area contributed by atoms with Gasteiger partial charge >= 0.3 is 0 Å². The number of carbonyl (C=O) groups is 2. The molecule has 0 aliphatic carbocycles. The summed E-state index contributed by atoms with van der Waals surface area (Å²) in [6.07, 6.45) is 0. The molecule has 1 unspecified atom stereocenters. The number of aliphatic hydroxyl groups excluding tert-OH is 1. The van der Waals surface area contributed by atoms with Crippen LogP contribution in [0.4, 0.5) is 5.69 Å². The van der Waals surface area contributed by atoms with Crippen LogP contribution in [0.2, 0.25) is 0 Å². The molecule has 5 rings (SSSR count). The Labute approximate surface area is 221 Å². The number of hydrogen-bond donors (Lipinski definition) is 1. The van der Waals surface area contributed by atoms with Crippen molar-refractivity contribution in [2.24, 2.45) is 0 Å². The van der Waals surface area contributed by atoms with Crippen molar-refractivity contribution in [1.82, 2.24) is 0 Å². The number of ether oxygens (including phenoxy) is 2. The molecule has 4 aromatic carbocycles. The fraction of sp³-hybridized carbons (Fsp3) is 0.125. The second kappa shape index (κ2) is 10.6. The minimum atomic E-state index is -0.813. The predicted octanol–water partition coefficient (Wildman–Crippen LogP) is 6.81. The van der Waals surface area contributed by atoms with Crippen molar-refractivity contribution in [3.63, 3.8) is 0 Å². The van der Waals surface area contributed by atoms with Crippen LogP contribution >= 0.6 is 0 Å². The number of amides is 1. The van der Waals surface area contributed by atoms with E-state index in [0.29, 0.717) is 35.1 Å². The number of hydrogen-bond acceptors (Lipinski definition) is 5. The average molecular weight is 506 g/mol. The van der Waals surface area contributed by atoms with Gasteiger partial charge in [-0.25, -0.2) is 0 Å². The van der Waals surface area contributed by atoms with Gasteiger partial charge in [-0.2, -0.15) is 0 Å². The van der Waals surface area contributed by atoms with Gasteiger partial charge < -0.3 is 14.6 Å². The third kappa shape index (κ3) is 4.89. The van der Waals surface area contributed by atoms with Gasteiger partial charge in [-0.05, 0) is 67.9 Å². The topological polar surface area (TPSA) is 76.1 Å². The lowest BCUT2D eigenvalue weighted by Crippen LogP contribution is -2.29. The van der Waals surface area contributed by atoms with Crippen molar-refractivity contribution in [1.29, 1.82) is 0 Å². The summed E-state index contributed by atoms with van der Waals surface area (Å²) in [4.78, 5) is 28.3. The lowest BCUT2D eigenvalue weighted by Gasteiger charge is -2.26. The van der Waals surface area contributed by atoms with Crippen LogP contribution in [0.25, 0.3) is 5.76 Å². The van der Waals surface area contributed by atoms with Crippen LogP contribution in [0.5, 0.6) is 17.2 Å². The van der Waals surface area contributed by atoms with E-state index >= 15 is 0 Å². The van der Waals surface area contributed by atoms with Gasteiger partial charge in [0.05, 0.1) is 18.2 Å². The van der Waals surface area contributed by atoms with Gasteiger partial charge in [0.1, 0.15) is 23.0 Å². The second-order valence-corrected chi connectivity index (χ2v) is 8.95. The van der Waals surface area contributed by atoms with Crippen molar-refractivity contribution in [2.75, 3.05) is 11.5 Å². The molecule has 1 aliphatic rings.